The molecule has 0 aromatic heterocycles. The van der Waals surface area contributed by atoms with E-state index in [2.05, 4.69) is 0 Å². The number of phenols is 1. The van der Waals surface area contributed by atoms with Gasteiger partial charge in [0.2, 0.25) is 28.6 Å². The Kier molecular flexibility index (Phi) is 5.45. The number of aliphatic hydroxyl groups excluding tert-OH is 1. The van der Waals surface area contributed by atoms with Crippen molar-refractivity contribution in [1.82, 2.24) is 0 Å². The number of ketones is 3. The number of aliphatic hydroxyl groups is 3. The quantitative estimate of drug-likeness (QED) is 0.339. The Balaban J connectivity index is 2.19. The topological polar surface area (TPSA) is 177 Å². The molecular weight excluding hydrogens is 488 g/mol. The number of carbonyl (C=O) groups excluding carboxylic acids is 4. The summed E-state index contributed by atoms with van der Waals surface area (Å²) in [5, 5.41) is 43.5. The summed E-state index contributed by atoms with van der Waals surface area (Å²) in [6.45, 7) is 1.39. The summed E-state index contributed by atoms with van der Waals surface area (Å²) in [6.07, 6.45) is -1.76. The molecule has 4 N–H and O–H groups in total. The molecule has 2 aliphatic rings. The Morgan fingerprint density at radius 1 is 1.06 bits per heavy atom. The van der Waals surface area contributed by atoms with Crippen molar-refractivity contribution in [1.29, 1.82) is 0 Å². The van der Waals surface area contributed by atoms with Crippen molar-refractivity contribution in [3.63, 3.8) is 0 Å². The average molecular weight is 507 g/mol. The molecule has 0 bridgehead atoms. The van der Waals surface area contributed by atoms with Gasteiger partial charge in [-0.3, -0.25) is 14.4 Å². The third-order valence-electron chi connectivity index (χ3n) is 6.54. The molecule has 0 fully saturated rings. The molecule has 0 amide bonds. The molecule has 184 valence electrons. The highest BCUT2D eigenvalue weighted by Crippen LogP contribution is 2.52. The number of methoxy groups -OCH3 is 3. The maximum Gasteiger partial charge on any atom is 0.341 e. The first-order valence-corrected chi connectivity index (χ1v) is 10.4. The van der Waals surface area contributed by atoms with E-state index in [1.54, 1.807) is 0 Å². The van der Waals surface area contributed by atoms with Crippen molar-refractivity contribution in [2.24, 2.45) is 0 Å². The van der Waals surface area contributed by atoms with Gasteiger partial charge in [-0.1, -0.05) is 11.6 Å². The normalized spacial score (nSPS) is 25.7. The van der Waals surface area contributed by atoms with Crippen LogP contribution < -0.4 is 4.74 Å². The molecule has 2 aliphatic carbocycles. The van der Waals surface area contributed by atoms with Crippen LogP contribution in [0.1, 0.15) is 36.6 Å². The fourth-order valence-corrected chi connectivity index (χ4v) is 5.05. The van der Waals surface area contributed by atoms with Crippen molar-refractivity contribution >= 4 is 45.7 Å². The van der Waals surface area contributed by atoms with Crippen molar-refractivity contribution in [3.05, 3.63) is 45.2 Å². The van der Waals surface area contributed by atoms with Gasteiger partial charge in [0.05, 0.1) is 37.5 Å². The first-order chi connectivity index (χ1) is 16.3. The maximum atomic E-state index is 13.6. The van der Waals surface area contributed by atoms with Gasteiger partial charge < -0.3 is 34.6 Å². The fourth-order valence-electron chi connectivity index (χ4n) is 4.72. The van der Waals surface area contributed by atoms with Crippen LogP contribution in [-0.2, 0) is 14.3 Å². The molecule has 35 heavy (non-hydrogen) atoms. The van der Waals surface area contributed by atoms with E-state index in [0.717, 1.165) is 14.2 Å². The second kappa shape index (κ2) is 7.75. The number of halogens is 1. The first-order valence-electron chi connectivity index (χ1n) is 10.0. The van der Waals surface area contributed by atoms with Gasteiger partial charge in [-0.15, -0.1) is 0 Å². The minimum atomic E-state index is -3.50. The Morgan fingerprint density at radius 2 is 1.69 bits per heavy atom. The summed E-state index contributed by atoms with van der Waals surface area (Å²) >= 11 is 6.49. The summed E-state index contributed by atoms with van der Waals surface area (Å²) in [5.41, 5.74) is -8.58. The van der Waals surface area contributed by atoms with Gasteiger partial charge in [0, 0.05) is 16.8 Å². The zero-order valence-corrected chi connectivity index (χ0v) is 19.5. The fraction of sp³-hybridized carbons (Fsp3) is 0.304. The lowest BCUT2D eigenvalue weighted by molar-refractivity contribution is -0.172. The molecule has 12 heteroatoms. The predicted molar refractivity (Wildman–Crippen MR) is 118 cm³/mol. The molecule has 0 heterocycles. The van der Waals surface area contributed by atoms with E-state index in [-0.39, 0.29) is 27.6 Å². The van der Waals surface area contributed by atoms with E-state index >= 15 is 0 Å². The summed E-state index contributed by atoms with van der Waals surface area (Å²) in [5.74, 6) is -6.88. The van der Waals surface area contributed by atoms with Gasteiger partial charge >= 0.3 is 5.97 Å². The minimum absolute atomic E-state index is 0.0367. The number of hydrogen-bond donors (Lipinski definition) is 4. The van der Waals surface area contributed by atoms with Crippen molar-refractivity contribution in [3.8, 4) is 11.5 Å². The monoisotopic (exact) mass is 506 g/mol. The maximum absolute atomic E-state index is 13.6. The van der Waals surface area contributed by atoms with E-state index in [0.29, 0.717) is 6.08 Å². The number of carbonyl (C=O) groups is 4. The van der Waals surface area contributed by atoms with Gasteiger partial charge in [-0.2, -0.15) is 0 Å². The highest BCUT2D eigenvalue weighted by Gasteiger charge is 2.73. The van der Waals surface area contributed by atoms with Crippen molar-refractivity contribution in [2.75, 3.05) is 21.3 Å². The third kappa shape index (κ3) is 2.71. The first kappa shape index (κ1) is 24.6. The number of phenolic OH excluding ortho intramolecular Hbond substituents is 1. The smallest absolute Gasteiger partial charge is 0.341 e. The SMILES string of the molecule is COC(=O)c1c(OC)cc2c(Cl)c3c(c(O)c2c1C)C(=O)[C@@]1(O)C(=O)C=C(OC)[C@H](O)[C@@]1(O)C3=O. The number of esters is 1. The number of fused-ring (bicyclic) bond motifs is 3. The molecule has 0 radical (unpaired) electrons. The Hall–Kier alpha value is -3.51. The van der Waals surface area contributed by atoms with Gasteiger partial charge in [0.25, 0.3) is 0 Å². The van der Waals surface area contributed by atoms with E-state index < -0.39 is 68.3 Å². The lowest BCUT2D eigenvalue weighted by Crippen LogP contribution is -2.76. The van der Waals surface area contributed by atoms with Crippen LogP contribution in [0.15, 0.2) is 17.9 Å². The van der Waals surface area contributed by atoms with Gasteiger partial charge in [0.1, 0.15) is 22.8 Å². The largest absolute Gasteiger partial charge is 0.507 e. The average Bonchev–Trinajstić information content (AvgIpc) is 2.84. The number of benzene rings is 2. The molecule has 11 nitrogen and oxygen atoms in total. The Morgan fingerprint density at radius 3 is 2.23 bits per heavy atom. The van der Waals surface area contributed by atoms with Gasteiger partial charge in [-0.25, -0.2) is 4.79 Å². The Bertz CT molecular complexity index is 1410. The molecule has 3 atom stereocenters. The van der Waals surface area contributed by atoms with Crippen LogP contribution in [0.25, 0.3) is 10.8 Å². The van der Waals surface area contributed by atoms with Crippen LogP contribution in [-0.4, -0.2) is 82.4 Å². The molecule has 0 spiro atoms. The standard InChI is InChI=1S/C23H19ClO11/c1-7-12-8(5-9(33-2)13(7)21(30)35-4)16(24)14-15(17(12)26)20(29)22(31)11(25)6-10(34-3)18(27)23(22,32)19(14)28/h5-6,18,26-27,31-32H,1-4H3/t18-,22-,23+/m0/s1. The highest BCUT2D eigenvalue weighted by atomic mass is 35.5. The molecule has 0 unspecified atom stereocenters. The molecule has 0 saturated carbocycles. The number of aromatic hydroxyl groups is 1. The number of ether oxygens (including phenoxy) is 3. The van der Waals surface area contributed by atoms with E-state index in [1.807, 2.05) is 0 Å². The van der Waals surface area contributed by atoms with Crippen LogP contribution in [0, 0.1) is 6.92 Å². The third-order valence-corrected chi connectivity index (χ3v) is 6.93. The number of Topliss-reactive ketones (excluding diaryl/α,β-unsaturated/α-hetero) is 2. The van der Waals surface area contributed by atoms with Gasteiger partial charge in [-0.05, 0) is 18.6 Å². The second-order valence-corrected chi connectivity index (χ2v) is 8.44. The van der Waals surface area contributed by atoms with Crippen LogP contribution >= 0.6 is 11.6 Å². The van der Waals surface area contributed by atoms with Crippen LogP contribution in [0.2, 0.25) is 5.02 Å². The molecule has 0 saturated heterocycles. The van der Waals surface area contributed by atoms with Crippen LogP contribution in [0.4, 0.5) is 0 Å². The van der Waals surface area contributed by atoms with Crippen molar-refractivity contribution < 1.29 is 53.8 Å². The van der Waals surface area contributed by atoms with Gasteiger partial charge in [0.15, 0.2) is 6.10 Å². The predicted octanol–water partition coefficient (Wildman–Crippen LogP) is 0.618. The number of aryl methyl sites for hydroxylation is 1. The Labute approximate surface area is 202 Å². The highest BCUT2D eigenvalue weighted by molar-refractivity contribution is 6.44. The number of hydrogen-bond acceptors (Lipinski definition) is 11. The van der Waals surface area contributed by atoms with Crippen molar-refractivity contribution in [2.45, 2.75) is 24.2 Å². The zero-order chi connectivity index (χ0) is 26.2. The minimum Gasteiger partial charge on any atom is -0.507 e. The summed E-state index contributed by atoms with van der Waals surface area (Å²) < 4.78 is 14.8. The summed E-state index contributed by atoms with van der Waals surface area (Å²) in [6, 6.07) is 1.21. The second-order valence-electron chi connectivity index (χ2n) is 8.06. The summed E-state index contributed by atoms with van der Waals surface area (Å²) in [7, 11) is 3.41. The van der Waals surface area contributed by atoms with E-state index in [1.165, 1.54) is 20.1 Å². The van der Waals surface area contributed by atoms with Crippen LogP contribution in [0.5, 0.6) is 11.5 Å². The lowest BCUT2D eigenvalue weighted by Gasteiger charge is -2.47. The molecule has 4 rings (SSSR count). The number of rotatable bonds is 3. The molecule has 2 aromatic carbocycles. The van der Waals surface area contributed by atoms with Crippen LogP contribution in [0.3, 0.4) is 0 Å². The molecular formula is C23H19ClO11. The molecule has 2 aromatic rings. The van der Waals surface area contributed by atoms with E-state index in [9.17, 15) is 39.6 Å². The molecule has 0 aliphatic heterocycles. The summed E-state index contributed by atoms with van der Waals surface area (Å²) in [4.78, 5) is 52.2. The lowest BCUT2D eigenvalue weighted by atomic mass is 9.60. The zero-order valence-electron chi connectivity index (χ0n) is 18.8. The van der Waals surface area contributed by atoms with E-state index in [4.69, 9.17) is 25.8 Å².